The van der Waals surface area contributed by atoms with E-state index in [4.69, 9.17) is 4.42 Å². The first-order valence-corrected chi connectivity index (χ1v) is 6.04. The summed E-state index contributed by atoms with van der Waals surface area (Å²) in [5, 5.41) is 1.29. The fourth-order valence-corrected chi connectivity index (χ4v) is 2.19. The summed E-state index contributed by atoms with van der Waals surface area (Å²) in [5.74, 6) is 1.09. The highest BCUT2D eigenvalue weighted by molar-refractivity contribution is 5.87. The molecular weight excluding hydrogens is 196 g/mol. The Morgan fingerprint density at radius 2 is 1.88 bits per heavy atom. The molecule has 0 fully saturated rings. The van der Waals surface area contributed by atoms with Crippen LogP contribution in [0.15, 0.2) is 34.8 Å². The van der Waals surface area contributed by atoms with Crippen molar-refractivity contribution in [1.29, 1.82) is 0 Å². The molecule has 0 N–H and O–H groups in total. The molecule has 1 heterocycles. The minimum absolute atomic E-state index is 1.02. The topological polar surface area (TPSA) is 13.1 Å². The fourth-order valence-electron chi connectivity index (χ4n) is 2.19. The fraction of sp³-hybridized carbons (Fsp3) is 0.333. The molecule has 0 radical (unpaired) electrons. The Labute approximate surface area is 96.8 Å². The molecule has 0 bridgehead atoms. The molecule has 0 unspecified atom stereocenters. The van der Waals surface area contributed by atoms with Crippen LogP contribution in [0.2, 0.25) is 0 Å². The number of para-hydroxylation sites is 1. The molecule has 1 aliphatic carbocycles. The molecule has 0 saturated heterocycles. The van der Waals surface area contributed by atoms with Crippen molar-refractivity contribution in [2.75, 3.05) is 0 Å². The second-order valence-corrected chi connectivity index (χ2v) is 3.83. The minimum Gasteiger partial charge on any atom is -0.456 e. The van der Waals surface area contributed by atoms with E-state index in [1.54, 1.807) is 0 Å². The van der Waals surface area contributed by atoms with Crippen molar-refractivity contribution in [3.8, 4) is 0 Å². The molecular formula is C15H18O. The van der Waals surface area contributed by atoms with Gasteiger partial charge in [-0.3, -0.25) is 0 Å². The number of hydrogen-bond acceptors (Lipinski definition) is 1. The number of fused-ring (bicyclic) bond motifs is 3. The molecule has 1 aromatic carbocycles. The van der Waals surface area contributed by atoms with Crippen molar-refractivity contribution < 1.29 is 4.42 Å². The van der Waals surface area contributed by atoms with Gasteiger partial charge in [0, 0.05) is 10.9 Å². The van der Waals surface area contributed by atoms with Gasteiger partial charge in [0.1, 0.15) is 11.3 Å². The number of allylic oxidation sites excluding steroid dienone is 2. The molecule has 1 aliphatic rings. The highest BCUT2D eigenvalue weighted by atomic mass is 16.3. The molecule has 3 rings (SSSR count). The second-order valence-electron chi connectivity index (χ2n) is 3.83. The van der Waals surface area contributed by atoms with Crippen molar-refractivity contribution in [1.82, 2.24) is 0 Å². The lowest BCUT2D eigenvalue weighted by Gasteiger charge is -2.07. The monoisotopic (exact) mass is 214 g/mol. The first-order chi connectivity index (χ1) is 7.86. The Bertz CT molecular complexity index is 517. The van der Waals surface area contributed by atoms with Crippen molar-refractivity contribution in [3.63, 3.8) is 0 Å². The Hall–Kier alpha value is -1.50. The predicted octanol–water partition coefficient (Wildman–Crippen LogP) is 4.81. The molecule has 0 aliphatic heterocycles. The predicted molar refractivity (Wildman–Crippen MR) is 69.5 cm³/mol. The van der Waals surface area contributed by atoms with Crippen molar-refractivity contribution >= 4 is 16.5 Å². The third-order valence-corrected chi connectivity index (χ3v) is 2.90. The summed E-state index contributed by atoms with van der Waals surface area (Å²) in [6, 6.07) is 8.29. The van der Waals surface area contributed by atoms with Gasteiger partial charge in [-0.05, 0) is 31.4 Å². The molecule has 84 valence electrons. The van der Waals surface area contributed by atoms with Gasteiger partial charge in [0.2, 0.25) is 0 Å². The van der Waals surface area contributed by atoms with E-state index in [0.717, 1.165) is 24.2 Å². The molecule has 1 aromatic heterocycles. The number of hydrogen-bond donors (Lipinski definition) is 0. The van der Waals surface area contributed by atoms with Gasteiger partial charge in [-0.15, -0.1) is 0 Å². The average Bonchev–Trinajstić information content (AvgIpc) is 2.72. The maximum Gasteiger partial charge on any atom is 0.135 e. The van der Waals surface area contributed by atoms with Gasteiger partial charge in [-0.2, -0.15) is 0 Å². The van der Waals surface area contributed by atoms with E-state index < -0.39 is 0 Å². The van der Waals surface area contributed by atoms with Crippen LogP contribution in [0.1, 0.15) is 38.5 Å². The van der Waals surface area contributed by atoms with E-state index in [9.17, 15) is 0 Å². The first-order valence-electron chi connectivity index (χ1n) is 6.04. The van der Waals surface area contributed by atoms with E-state index in [1.807, 2.05) is 26.0 Å². The molecule has 0 atom stereocenters. The SMILES string of the molecule is CC.CC1=CCCc2c1oc1ccccc21. The van der Waals surface area contributed by atoms with Gasteiger partial charge in [-0.1, -0.05) is 38.1 Å². The Morgan fingerprint density at radius 3 is 2.69 bits per heavy atom. The molecule has 0 amide bonds. The summed E-state index contributed by atoms with van der Waals surface area (Å²) in [6.45, 7) is 6.13. The highest BCUT2D eigenvalue weighted by Gasteiger charge is 2.17. The van der Waals surface area contributed by atoms with Gasteiger partial charge in [0.15, 0.2) is 0 Å². The minimum atomic E-state index is 1.02. The van der Waals surface area contributed by atoms with Gasteiger partial charge >= 0.3 is 0 Å². The van der Waals surface area contributed by atoms with E-state index in [-0.39, 0.29) is 0 Å². The summed E-state index contributed by atoms with van der Waals surface area (Å²) in [7, 11) is 0. The molecule has 1 nitrogen and oxygen atoms in total. The van der Waals surface area contributed by atoms with Crippen LogP contribution in [-0.4, -0.2) is 0 Å². The molecule has 2 aromatic rings. The van der Waals surface area contributed by atoms with Gasteiger partial charge < -0.3 is 4.42 Å². The lowest BCUT2D eigenvalue weighted by Crippen LogP contribution is -1.93. The summed E-state index contributed by atoms with van der Waals surface area (Å²) < 4.78 is 5.83. The number of rotatable bonds is 0. The van der Waals surface area contributed by atoms with Crippen LogP contribution in [0.3, 0.4) is 0 Å². The zero-order valence-electron chi connectivity index (χ0n) is 10.2. The number of furan rings is 1. The van der Waals surface area contributed by atoms with Crippen LogP contribution < -0.4 is 0 Å². The van der Waals surface area contributed by atoms with E-state index >= 15 is 0 Å². The van der Waals surface area contributed by atoms with Crippen molar-refractivity contribution in [3.05, 3.63) is 41.7 Å². The number of aryl methyl sites for hydroxylation is 1. The average molecular weight is 214 g/mol. The highest BCUT2D eigenvalue weighted by Crippen LogP contribution is 2.34. The third-order valence-electron chi connectivity index (χ3n) is 2.90. The Kier molecular flexibility index (Phi) is 3.14. The van der Waals surface area contributed by atoms with Gasteiger partial charge in [-0.25, -0.2) is 0 Å². The Balaban J connectivity index is 0.000000457. The maximum atomic E-state index is 5.83. The van der Waals surface area contributed by atoms with Crippen LogP contribution >= 0.6 is 0 Å². The lowest BCUT2D eigenvalue weighted by atomic mass is 9.96. The maximum absolute atomic E-state index is 5.83. The zero-order chi connectivity index (χ0) is 11.5. The normalized spacial score (nSPS) is 13.8. The zero-order valence-corrected chi connectivity index (χ0v) is 10.2. The largest absolute Gasteiger partial charge is 0.456 e. The molecule has 0 spiro atoms. The summed E-state index contributed by atoms with van der Waals surface area (Å²) in [4.78, 5) is 0. The van der Waals surface area contributed by atoms with Gasteiger partial charge in [0.25, 0.3) is 0 Å². The van der Waals surface area contributed by atoms with Crippen molar-refractivity contribution in [2.24, 2.45) is 0 Å². The third kappa shape index (κ3) is 1.67. The van der Waals surface area contributed by atoms with E-state index in [2.05, 4.69) is 25.1 Å². The summed E-state index contributed by atoms with van der Waals surface area (Å²) >= 11 is 0. The molecule has 16 heavy (non-hydrogen) atoms. The van der Waals surface area contributed by atoms with Crippen LogP contribution in [0, 0.1) is 0 Å². The standard InChI is InChI=1S/C13H12O.C2H6/c1-9-5-4-7-11-10-6-2-3-8-12(10)14-13(9)11;1-2/h2-3,5-6,8H,4,7H2,1H3;1-2H3. The van der Waals surface area contributed by atoms with Gasteiger partial charge in [0.05, 0.1) is 0 Å². The number of benzene rings is 1. The van der Waals surface area contributed by atoms with Crippen LogP contribution in [0.25, 0.3) is 16.5 Å². The van der Waals surface area contributed by atoms with Crippen molar-refractivity contribution in [2.45, 2.75) is 33.6 Å². The lowest BCUT2D eigenvalue weighted by molar-refractivity contribution is 0.590. The Morgan fingerprint density at radius 1 is 1.12 bits per heavy atom. The molecule has 1 heteroatoms. The van der Waals surface area contributed by atoms with Crippen LogP contribution in [-0.2, 0) is 6.42 Å². The van der Waals surface area contributed by atoms with Crippen LogP contribution in [0.5, 0.6) is 0 Å². The molecule has 0 saturated carbocycles. The van der Waals surface area contributed by atoms with E-state index in [0.29, 0.717) is 0 Å². The first kappa shape index (κ1) is 11.0. The quantitative estimate of drug-likeness (QED) is 0.613. The van der Waals surface area contributed by atoms with E-state index in [1.165, 1.54) is 16.5 Å². The van der Waals surface area contributed by atoms with Crippen LogP contribution in [0.4, 0.5) is 0 Å². The smallest absolute Gasteiger partial charge is 0.135 e. The summed E-state index contributed by atoms with van der Waals surface area (Å²) in [5.41, 5.74) is 3.69. The second kappa shape index (κ2) is 4.56. The summed E-state index contributed by atoms with van der Waals surface area (Å²) in [6.07, 6.45) is 4.51.